The number of para-hydroxylation sites is 1. The van der Waals surface area contributed by atoms with Gasteiger partial charge in [0.05, 0.1) is 5.69 Å². The standard InChI is InChI=1S/C18H20N4O/c1-12(2)15-7-8-17(22-21-15)18(23)19-10-9-13-11-20-16-6-4-3-5-14(13)16/h3-8,11-12,20H,9-10H2,1-2H3,(H,19,23). The molecule has 2 heterocycles. The Labute approximate surface area is 135 Å². The van der Waals surface area contributed by atoms with Gasteiger partial charge in [-0.05, 0) is 36.1 Å². The number of carbonyl (C=O) groups excluding carboxylic acids is 1. The molecule has 3 aromatic rings. The van der Waals surface area contributed by atoms with Crippen molar-refractivity contribution in [2.24, 2.45) is 0 Å². The number of aromatic amines is 1. The molecule has 0 aliphatic rings. The lowest BCUT2D eigenvalue weighted by Gasteiger charge is -2.06. The molecule has 1 aromatic carbocycles. The summed E-state index contributed by atoms with van der Waals surface area (Å²) < 4.78 is 0. The van der Waals surface area contributed by atoms with Crippen molar-refractivity contribution in [3.05, 3.63) is 59.5 Å². The van der Waals surface area contributed by atoms with E-state index >= 15 is 0 Å². The zero-order valence-corrected chi connectivity index (χ0v) is 13.3. The Hall–Kier alpha value is -2.69. The molecule has 5 nitrogen and oxygen atoms in total. The quantitative estimate of drug-likeness (QED) is 0.761. The van der Waals surface area contributed by atoms with Crippen molar-refractivity contribution in [1.82, 2.24) is 20.5 Å². The highest BCUT2D eigenvalue weighted by Gasteiger charge is 2.09. The van der Waals surface area contributed by atoms with Crippen molar-refractivity contribution < 1.29 is 4.79 Å². The molecule has 0 unspecified atom stereocenters. The van der Waals surface area contributed by atoms with E-state index in [4.69, 9.17) is 0 Å². The first-order valence-corrected chi connectivity index (χ1v) is 7.82. The molecule has 0 saturated carbocycles. The Morgan fingerprint density at radius 1 is 1.17 bits per heavy atom. The minimum absolute atomic E-state index is 0.187. The first-order chi connectivity index (χ1) is 11.1. The van der Waals surface area contributed by atoms with Crippen LogP contribution in [0.5, 0.6) is 0 Å². The monoisotopic (exact) mass is 308 g/mol. The van der Waals surface area contributed by atoms with E-state index in [1.54, 1.807) is 6.07 Å². The maximum Gasteiger partial charge on any atom is 0.271 e. The van der Waals surface area contributed by atoms with Gasteiger partial charge in [-0.15, -0.1) is 5.10 Å². The molecule has 1 amide bonds. The Kier molecular flexibility index (Phi) is 4.37. The summed E-state index contributed by atoms with van der Waals surface area (Å²) in [5, 5.41) is 12.2. The summed E-state index contributed by atoms with van der Waals surface area (Å²) in [4.78, 5) is 15.3. The molecule has 5 heteroatoms. The molecule has 0 aliphatic heterocycles. The smallest absolute Gasteiger partial charge is 0.271 e. The second kappa shape index (κ2) is 6.60. The molecule has 2 N–H and O–H groups in total. The van der Waals surface area contributed by atoms with Gasteiger partial charge in [0.15, 0.2) is 5.69 Å². The van der Waals surface area contributed by atoms with Gasteiger partial charge >= 0.3 is 0 Å². The lowest BCUT2D eigenvalue weighted by atomic mass is 10.1. The normalized spacial score (nSPS) is 11.1. The van der Waals surface area contributed by atoms with E-state index in [2.05, 4.69) is 26.6 Å². The van der Waals surface area contributed by atoms with Crippen LogP contribution in [0.15, 0.2) is 42.6 Å². The summed E-state index contributed by atoms with van der Waals surface area (Å²) >= 11 is 0. The highest BCUT2D eigenvalue weighted by Crippen LogP contribution is 2.17. The van der Waals surface area contributed by atoms with Crippen LogP contribution in [-0.4, -0.2) is 27.6 Å². The molecular formula is C18H20N4O. The van der Waals surface area contributed by atoms with Gasteiger partial charge in [0, 0.05) is 23.6 Å². The van der Waals surface area contributed by atoms with Gasteiger partial charge in [-0.2, -0.15) is 5.10 Å². The first kappa shape index (κ1) is 15.2. The van der Waals surface area contributed by atoms with Crippen molar-refractivity contribution >= 4 is 16.8 Å². The molecule has 0 saturated heterocycles. The third-order valence-electron chi connectivity index (χ3n) is 3.86. The summed E-state index contributed by atoms with van der Waals surface area (Å²) in [5.41, 5.74) is 3.56. The number of carbonyl (C=O) groups is 1. The lowest BCUT2D eigenvalue weighted by Crippen LogP contribution is -2.26. The van der Waals surface area contributed by atoms with Gasteiger partial charge in [-0.25, -0.2) is 0 Å². The number of aromatic nitrogens is 3. The molecule has 2 aromatic heterocycles. The summed E-state index contributed by atoms with van der Waals surface area (Å²) in [5.74, 6) is 0.120. The van der Waals surface area contributed by atoms with Gasteiger partial charge in [-0.1, -0.05) is 32.0 Å². The number of benzene rings is 1. The molecule has 0 aliphatic carbocycles. The Morgan fingerprint density at radius 3 is 2.74 bits per heavy atom. The highest BCUT2D eigenvalue weighted by molar-refractivity contribution is 5.92. The zero-order valence-electron chi connectivity index (χ0n) is 13.3. The van der Waals surface area contributed by atoms with Crippen molar-refractivity contribution in [2.45, 2.75) is 26.2 Å². The molecule has 118 valence electrons. The molecule has 0 radical (unpaired) electrons. The van der Waals surface area contributed by atoms with Gasteiger partial charge in [0.1, 0.15) is 0 Å². The summed E-state index contributed by atoms with van der Waals surface area (Å²) in [6.07, 6.45) is 2.77. The van der Waals surface area contributed by atoms with Crippen molar-refractivity contribution in [3.8, 4) is 0 Å². The van der Waals surface area contributed by atoms with Crippen LogP contribution in [0.4, 0.5) is 0 Å². The van der Waals surface area contributed by atoms with Crippen LogP contribution in [-0.2, 0) is 6.42 Å². The zero-order chi connectivity index (χ0) is 16.2. The van der Waals surface area contributed by atoms with E-state index in [1.165, 1.54) is 10.9 Å². The Bertz CT molecular complexity index is 805. The molecule has 0 bridgehead atoms. The molecule has 0 atom stereocenters. The predicted molar refractivity (Wildman–Crippen MR) is 90.5 cm³/mol. The average Bonchev–Trinajstić information content (AvgIpc) is 2.98. The molecule has 0 fully saturated rings. The van der Waals surface area contributed by atoms with E-state index < -0.39 is 0 Å². The summed E-state index contributed by atoms with van der Waals surface area (Å²) in [6.45, 7) is 4.66. The molecule has 23 heavy (non-hydrogen) atoms. The fourth-order valence-corrected chi connectivity index (χ4v) is 2.51. The van der Waals surface area contributed by atoms with Crippen LogP contribution in [0, 0.1) is 0 Å². The molecule has 0 spiro atoms. The number of nitrogens with zero attached hydrogens (tertiary/aromatic N) is 2. The minimum Gasteiger partial charge on any atom is -0.361 e. The van der Waals surface area contributed by atoms with Gasteiger partial charge in [0.2, 0.25) is 0 Å². The van der Waals surface area contributed by atoms with E-state index in [0.29, 0.717) is 18.2 Å². The molecular weight excluding hydrogens is 288 g/mol. The van der Waals surface area contributed by atoms with Gasteiger partial charge in [0.25, 0.3) is 5.91 Å². The van der Waals surface area contributed by atoms with Crippen molar-refractivity contribution in [3.63, 3.8) is 0 Å². The molecule has 3 rings (SSSR count). The Balaban J connectivity index is 1.59. The topological polar surface area (TPSA) is 70.7 Å². The number of fused-ring (bicyclic) bond motifs is 1. The van der Waals surface area contributed by atoms with E-state index in [1.807, 2.05) is 44.3 Å². The van der Waals surface area contributed by atoms with E-state index in [0.717, 1.165) is 17.6 Å². The maximum atomic E-state index is 12.1. The third-order valence-corrected chi connectivity index (χ3v) is 3.86. The maximum absolute atomic E-state index is 12.1. The Morgan fingerprint density at radius 2 is 2.00 bits per heavy atom. The number of amides is 1. The second-order valence-electron chi connectivity index (χ2n) is 5.86. The van der Waals surface area contributed by atoms with Gasteiger partial charge in [-0.3, -0.25) is 4.79 Å². The second-order valence-corrected chi connectivity index (χ2v) is 5.86. The van der Waals surface area contributed by atoms with Crippen LogP contribution in [0.1, 0.15) is 41.5 Å². The fraction of sp³-hybridized carbons (Fsp3) is 0.278. The largest absolute Gasteiger partial charge is 0.361 e. The van der Waals surface area contributed by atoms with Crippen molar-refractivity contribution in [1.29, 1.82) is 0 Å². The number of hydrogen-bond donors (Lipinski definition) is 2. The number of nitrogens with one attached hydrogen (secondary N) is 2. The van der Waals surface area contributed by atoms with E-state index in [-0.39, 0.29) is 5.91 Å². The van der Waals surface area contributed by atoms with Crippen LogP contribution in [0.25, 0.3) is 10.9 Å². The van der Waals surface area contributed by atoms with Crippen LogP contribution < -0.4 is 5.32 Å². The van der Waals surface area contributed by atoms with Crippen LogP contribution in [0.2, 0.25) is 0 Å². The highest BCUT2D eigenvalue weighted by atomic mass is 16.1. The number of hydrogen-bond acceptors (Lipinski definition) is 3. The van der Waals surface area contributed by atoms with Crippen molar-refractivity contribution in [2.75, 3.05) is 6.54 Å². The van der Waals surface area contributed by atoms with Crippen LogP contribution in [0.3, 0.4) is 0 Å². The average molecular weight is 308 g/mol. The summed E-state index contributed by atoms with van der Waals surface area (Å²) in [6, 6.07) is 11.7. The van der Waals surface area contributed by atoms with E-state index in [9.17, 15) is 4.79 Å². The fourth-order valence-electron chi connectivity index (χ4n) is 2.51. The van der Waals surface area contributed by atoms with Crippen LogP contribution >= 0.6 is 0 Å². The van der Waals surface area contributed by atoms with Gasteiger partial charge < -0.3 is 10.3 Å². The number of H-pyrrole nitrogens is 1. The predicted octanol–water partition coefficient (Wildman–Crippen LogP) is 3.05. The third kappa shape index (κ3) is 3.39. The lowest BCUT2D eigenvalue weighted by molar-refractivity contribution is 0.0948. The minimum atomic E-state index is -0.187. The number of rotatable bonds is 5. The summed E-state index contributed by atoms with van der Waals surface area (Å²) in [7, 11) is 0. The SMILES string of the molecule is CC(C)c1ccc(C(=O)NCCc2c[nH]c3ccccc23)nn1. The first-order valence-electron chi connectivity index (χ1n) is 7.82.